The second-order valence-corrected chi connectivity index (χ2v) is 9.55. The van der Waals surface area contributed by atoms with Crippen molar-refractivity contribution < 1.29 is 17.9 Å². The molecule has 1 aliphatic heterocycles. The number of hydrogen-bond donors (Lipinski definition) is 1. The fraction of sp³-hybridized carbons (Fsp3) is 0.360. The number of nitrogens with zero attached hydrogens (tertiary/aromatic N) is 6. The summed E-state index contributed by atoms with van der Waals surface area (Å²) in [6.07, 6.45) is -1.19. The smallest absolute Gasteiger partial charge is 0.435 e. The van der Waals surface area contributed by atoms with Crippen LogP contribution in [0.2, 0.25) is 0 Å². The Morgan fingerprint density at radius 3 is 2.72 bits per heavy atom. The van der Waals surface area contributed by atoms with E-state index >= 15 is 0 Å². The summed E-state index contributed by atoms with van der Waals surface area (Å²) < 4.78 is 50.7. The maximum atomic E-state index is 13.8. The largest absolute Gasteiger partial charge is 0.482 e. The van der Waals surface area contributed by atoms with Gasteiger partial charge in [0, 0.05) is 30.3 Å². The van der Waals surface area contributed by atoms with E-state index in [1.807, 2.05) is 30.7 Å². The van der Waals surface area contributed by atoms with Crippen LogP contribution in [0.5, 0.6) is 5.75 Å². The summed E-state index contributed by atoms with van der Waals surface area (Å²) in [4.78, 5) is 4.35. The van der Waals surface area contributed by atoms with Gasteiger partial charge in [-0.05, 0) is 50.8 Å². The van der Waals surface area contributed by atoms with E-state index in [0.29, 0.717) is 52.1 Å². The third-order valence-corrected chi connectivity index (χ3v) is 6.66. The SMILES string of the molecule is Cc1ccc2c(c1)[C@@H](C)Oc1cc(cnc1N)-c1c(nnn1CC1CC1)Cc1cc(C(F)(F)F)nn1-2. The summed E-state index contributed by atoms with van der Waals surface area (Å²) in [6, 6.07) is 8.37. The number of ether oxygens (including phenoxy) is 1. The lowest BCUT2D eigenvalue weighted by Gasteiger charge is -2.22. The van der Waals surface area contributed by atoms with Gasteiger partial charge < -0.3 is 10.5 Å². The first-order valence-corrected chi connectivity index (χ1v) is 11.8. The molecule has 6 rings (SSSR count). The van der Waals surface area contributed by atoms with E-state index in [-0.39, 0.29) is 12.2 Å². The maximum absolute atomic E-state index is 13.8. The third kappa shape index (κ3) is 3.98. The Kier molecular flexibility index (Phi) is 5.06. The van der Waals surface area contributed by atoms with E-state index in [4.69, 9.17) is 10.5 Å². The van der Waals surface area contributed by atoms with Crippen LogP contribution < -0.4 is 10.5 Å². The van der Waals surface area contributed by atoms with Crippen molar-refractivity contribution in [1.82, 2.24) is 29.8 Å². The molecule has 11 heteroatoms. The molecule has 0 radical (unpaired) electrons. The molecule has 8 nitrogen and oxygen atoms in total. The molecule has 1 atom stereocenters. The van der Waals surface area contributed by atoms with Gasteiger partial charge in [0.2, 0.25) is 0 Å². The molecule has 36 heavy (non-hydrogen) atoms. The van der Waals surface area contributed by atoms with Crippen LogP contribution in [-0.4, -0.2) is 29.8 Å². The quantitative estimate of drug-likeness (QED) is 0.425. The summed E-state index contributed by atoms with van der Waals surface area (Å²) in [7, 11) is 0. The highest BCUT2D eigenvalue weighted by molar-refractivity contribution is 5.67. The van der Waals surface area contributed by atoms with E-state index in [2.05, 4.69) is 20.4 Å². The average Bonchev–Trinajstić information content (AvgIpc) is 3.40. The number of nitrogen functional groups attached to an aromatic ring is 1. The molecule has 1 saturated carbocycles. The molecular formula is C25H24F3N7O. The molecule has 1 fully saturated rings. The molecule has 2 N–H and O–H groups in total. The van der Waals surface area contributed by atoms with Gasteiger partial charge >= 0.3 is 6.18 Å². The normalized spacial score (nSPS) is 17.3. The zero-order chi connectivity index (χ0) is 25.2. The van der Waals surface area contributed by atoms with E-state index in [1.54, 1.807) is 18.3 Å². The molecule has 2 bridgehead atoms. The number of alkyl halides is 3. The van der Waals surface area contributed by atoms with Gasteiger partial charge in [0.15, 0.2) is 17.3 Å². The Morgan fingerprint density at radius 1 is 1.17 bits per heavy atom. The monoisotopic (exact) mass is 495 g/mol. The minimum absolute atomic E-state index is 0.103. The van der Waals surface area contributed by atoms with Crippen LogP contribution in [0.3, 0.4) is 0 Å². The molecule has 1 aliphatic carbocycles. The number of aromatic nitrogens is 6. The Bertz CT molecular complexity index is 1470. The van der Waals surface area contributed by atoms with Crippen molar-refractivity contribution in [2.45, 2.75) is 51.9 Å². The molecule has 4 aromatic rings. The van der Waals surface area contributed by atoms with Gasteiger partial charge in [0.25, 0.3) is 0 Å². The number of nitrogens with two attached hydrogens (primary N) is 1. The van der Waals surface area contributed by atoms with Gasteiger partial charge in [0.1, 0.15) is 6.10 Å². The molecule has 0 unspecified atom stereocenters. The van der Waals surface area contributed by atoms with E-state index < -0.39 is 18.0 Å². The average molecular weight is 496 g/mol. The van der Waals surface area contributed by atoms with E-state index in [1.165, 1.54) is 4.68 Å². The van der Waals surface area contributed by atoms with Crippen molar-refractivity contribution in [2.75, 3.05) is 5.73 Å². The number of hydrogen-bond acceptors (Lipinski definition) is 6. The Morgan fingerprint density at radius 2 is 1.97 bits per heavy atom. The van der Waals surface area contributed by atoms with Gasteiger partial charge in [-0.1, -0.05) is 22.9 Å². The van der Waals surface area contributed by atoms with Crippen molar-refractivity contribution in [3.63, 3.8) is 0 Å². The first kappa shape index (κ1) is 22.6. The van der Waals surface area contributed by atoms with Crippen LogP contribution in [-0.2, 0) is 19.1 Å². The molecule has 4 heterocycles. The fourth-order valence-corrected chi connectivity index (χ4v) is 4.65. The minimum Gasteiger partial charge on any atom is -0.482 e. The molecule has 0 spiro atoms. The van der Waals surface area contributed by atoms with Gasteiger partial charge in [-0.3, -0.25) is 0 Å². The molecule has 186 valence electrons. The predicted octanol–water partition coefficient (Wildman–Crippen LogP) is 4.89. The number of halogens is 3. The number of rotatable bonds is 2. The second-order valence-electron chi connectivity index (χ2n) is 9.55. The summed E-state index contributed by atoms with van der Waals surface area (Å²) >= 11 is 0. The Balaban J connectivity index is 1.61. The molecule has 2 aliphatic rings. The van der Waals surface area contributed by atoms with Crippen molar-refractivity contribution >= 4 is 5.82 Å². The molecule has 0 saturated heterocycles. The highest BCUT2D eigenvalue weighted by atomic mass is 19.4. The van der Waals surface area contributed by atoms with Crippen LogP contribution in [0.1, 0.15) is 54.1 Å². The Labute approximate surface area is 204 Å². The number of benzene rings is 1. The minimum atomic E-state index is -4.60. The van der Waals surface area contributed by atoms with Gasteiger partial charge in [-0.2, -0.15) is 18.3 Å². The molecular weight excluding hydrogens is 471 g/mol. The van der Waals surface area contributed by atoms with Gasteiger partial charge in [0.05, 0.1) is 22.8 Å². The topological polar surface area (TPSA) is 96.7 Å². The lowest BCUT2D eigenvalue weighted by atomic mass is 10.0. The van der Waals surface area contributed by atoms with Crippen LogP contribution in [0.4, 0.5) is 19.0 Å². The number of fused-ring (bicyclic) bond motifs is 7. The number of aryl methyl sites for hydroxylation is 1. The summed E-state index contributed by atoms with van der Waals surface area (Å²) in [5.74, 6) is 1.11. The Hall–Kier alpha value is -3.89. The van der Waals surface area contributed by atoms with Crippen LogP contribution in [0.15, 0.2) is 36.5 Å². The van der Waals surface area contributed by atoms with Crippen LogP contribution in [0, 0.1) is 12.8 Å². The van der Waals surface area contributed by atoms with Crippen molar-refractivity contribution in [2.24, 2.45) is 5.92 Å². The molecule has 1 aromatic carbocycles. The number of anilines is 1. The predicted molar refractivity (Wildman–Crippen MR) is 126 cm³/mol. The highest BCUT2D eigenvalue weighted by Gasteiger charge is 2.36. The molecule has 3 aromatic heterocycles. The summed E-state index contributed by atoms with van der Waals surface area (Å²) in [5, 5.41) is 12.7. The first-order chi connectivity index (χ1) is 17.2. The lowest BCUT2D eigenvalue weighted by Crippen LogP contribution is -2.14. The zero-order valence-corrected chi connectivity index (χ0v) is 19.8. The van der Waals surface area contributed by atoms with Gasteiger partial charge in [-0.25, -0.2) is 14.3 Å². The van der Waals surface area contributed by atoms with Gasteiger partial charge in [-0.15, -0.1) is 5.10 Å². The first-order valence-electron chi connectivity index (χ1n) is 11.8. The van der Waals surface area contributed by atoms with Crippen molar-refractivity contribution in [3.05, 3.63) is 64.7 Å². The van der Waals surface area contributed by atoms with Crippen molar-refractivity contribution in [3.8, 4) is 22.7 Å². The lowest BCUT2D eigenvalue weighted by molar-refractivity contribution is -0.141. The molecule has 0 amide bonds. The number of pyridine rings is 1. The van der Waals surface area contributed by atoms with Crippen LogP contribution >= 0.6 is 0 Å². The standard InChI is InChI=1S/C25H24F3N7O/c1-13-3-6-20-18(7-13)14(2)36-21-8-16(11-30-24(21)29)23-19(31-33-34(23)12-15-4-5-15)9-17-10-22(25(26,27)28)32-35(17)20/h3,6-8,10-11,14-15H,4-5,9,12H2,1-2H3,(H2,29,30)/t14-/m1/s1. The van der Waals surface area contributed by atoms with E-state index in [0.717, 1.165) is 24.5 Å². The van der Waals surface area contributed by atoms with Crippen molar-refractivity contribution in [1.29, 1.82) is 0 Å². The summed E-state index contributed by atoms with van der Waals surface area (Å²) in [6.45, 7) is 4.41. The third-order valence-electron chi connectivity index (χ3n) is 6.66. The van der Waals surface area contributed by atoms with E-state index in [9.17, 15) is 13.2 Å². The van der Waals surface area contributed by atoms with Crippen LogP contribution in [0.25, 0.3) is 16.9 Å². The second kappa shape index (κ2) is 8.07. The zero-order valence-electron chi connectivity index (χ0n) is 19.8. The maximum Gasteiger partial charge on any atom is 0.435 e. The fourth-order valence-electron chi connectivity index (χ4n) is 4.65. The summed E-state index contributed by atoms with van der Waals surface area (Å²) in [5.41, 5.74) is 9.57. The highest BCUT2D eigenvalue weighted by Crippen LogP contribution is 2.38.